The van der Waals surface area contributed by atoms with Crippen LogP contribution < -0.4 is 0 Å². The third kappa shape index (κ3) is 1.34. The van der Waals surface area contributed by atoms with E-state index in [2.05, 4.69) is 63.7 Å². The molecule has 100 valence electrons. The molecule has 0 spiro atoms. The Balaban J connectivity index is 1.38. The highest BCUT2D eigenvalue weighted by Crippen LogP contribution is 2.79. The van der Waals surface area contributed by atoms with Gasteiger partial charge in [0.2, 0.25) is 0 Å². The number of hydrogen-bond acceptors (Lipinski definition) is 0. The maximum atomic E-state index is 3.90. The fraction of sp³-hybridized carbons (Fsp3) is 1.00. The number of alkyl halides is 4. The Bertz CT molecular complexity index is 348. The van der Waals surface area contributed by atoms with Gasteiger partial charge in [0.1, 0.15) is 0 Å². The second-order valence-corrected chi connectivity index (χ2v) is 14.8. The monoisotopic (exact) mass is 500 g/mol. The van der Waals surface area contributed by atoms with Gasteiger partial charge in [-0.25, -0.2) is 0 Å². The SMILES string of the molecule is BrC1(Br)[C@@H]2CC3C(C[C@H]21)C1C[C@H]2[C@H](CC31)C2(Br)Br. The first-order chi connectivity index (χ1) is 8.42. The molecule has 5 fully saturated rings. The molecule has 0 bridgehead atoms. The zero-order valence-corrected chi connectivity index (χ0v) is 16.3. The zero-order valence-electron chi connectivity index (χ0n) is 9.96. The van der Waals surface area contributed by atoms with Crippen LogP contribution in [0.2, 0.25) is 0 Å². The van der Waals surface area contributed by atoms with Crippen LogP contribution >= 0.6 is 63.7 Å². The molecule has 0 aromatic heterocycles. The lowest BCUT2D eigenvalue weighted by molar-refractivity contribution is -0.0837. The first-order valence-corrected chi connectivity index (χ1v) is 10.3. The van der Waals surface area contributed by atoms with E-state index < -0.39 is 0 Å². The van der Waals surface area contributed by atoms with Gasteiger partial charge in [0.25, 0.3) is 0 Å². The van der Waals surface area contributed by atoms with Crippen LogP contribution in [0, 0.1) is 47.3 Å². The molecule has 5 aliphatic carbocycles. The second kappa shape index (κ2) is 3.46. The molecule has 0 saturated heterocycles. The van der Waals surface area contributed by atoms with Crippen LogP contribution in [0.15, 0.2) is 0 Å². The molecule has 0 heterocycles. The average molecular weight is 504 g/mol. The highest BCUT2D eigenvalue weighted by atomic mass is 79.9. The molecule has 0 radical (unpaired) electrons. The summed E-state index contributed by atoms with van der Waals surface area (Å²) < 4.78 is 0.663. The Morgan fingerprint density at radius 2 is 0.722 bits per heavy atom. The lowest BCUT2D eigenvalue weighted by atomic mass is 9.48. The van der Waals surface area contributed by atoms with E-state index in [1.54, 1.807) is 0 Å². The van der Waals surface area contributed by atoms with Gasteiger partial charge in [-0.15, -0.1) is 0 Å². The summed E-state index contributed by atoms with van der Waals surface area (Å²) in [5.41, 5.74) is 0. The number of halogens is 4. The predicted octanol–water partition coefficient (Wildman–Crippen LogP) is 5.52. The van der Waals surface area contributed by atoms with Crippen LogP contribution in [0.1, 0.15) is 25.7 Å². The predicted molar refractivity (Wildman–Crippen MR) is 87.6 cm³/mol. The van der Waals surface area contributed by atoms with E-state index in [4.69, 9.17) is 0 Å². The van der Waals surface area contributed by atoms with Crippen molar-refractivity contribution in [1.82, 2.24) is 0 Å². The Morgan fingerprint density at radius 3 is 0.944 bits per heavy atom. The topological polar surface area (TPSA) is 0 Å². The zero-order chi connectivity index (χ0) is 12.4. The van der Waals surface area contributed by atoms with Gasteiger partial charge in [-0.3, -0.25) is 0 Å². The highest BCUT2D eigenvalue weighted by molar-refractivity contribution is 9.26. The van der Waals surface area contributed by atoms with Crippen molar-refractivity contribution in [1.29, 1.82) is 0 Å². The molecule has 5 saturated carbocycles. The summed E-state index contributed by atoms with van der Waals surface area (Å²) in [6.45, 7) is 0. The van der Waals surface area contributed by atoms with Gasteiger partial charge in [0.05, 0.1) is 6.47 Å². The molecule has 8 atom stereocenters. The van der Waals surface area contributed by atoms with Crippen molar-refractivity contribution >= 4 is 63.7 Å². The van der Waals surface area contributed by atoms with Crippen LogP contribution in [0.5, 0.6) is 0 Å². The largest absolute Gasteiger partial charge is 0.0868 e. The van der Waals surface area contributed by atoms with E-state index in [1.807, 2.05) is 0 Å². The molecule has 18 heavy (non-hydrogen) atoms. The molecule has 0 amide bonds. The molecule has 0 nitrogen and oxygen atoms in total. The third-order valence-corrected chi connectivity index (χ3v) is 11.7. The van der Waals surface area contributed by atoms with E-state index >= 15 is 0 Å². The fourth-order valence-corrected chi connectivity index (χ4v) is 9.42. The van der Waals surface area contributed by atoms with E-state index in [0.29, 0.717) is 6.47 Å². The number of hydrogen-bond donors (Lipinski definition) is 0. The van der Waals surface area contributed by atoms with Crippen LogP contribution in [-0.2, 0) is 0 Å². The van der Waals surface area contributed by atoms with Crippen LogP contribution in [-0.4, -0.2) is 6.47 Å². The van der Waals surface area contributed by atoms with Gasteiger partial charge in [0, 0.05) is 0 Å². The maximum absolute atomic E-state index is 3.90. The number of rotatable bonds is 0. The van der Waals surface area contributed by atoms with Gasteiger partial charge in [0.15, 0.2) is 0 Å². The molecule has 5 rings (SSSR count). The molecular weight excluding hydrogens is 488 g/mol. The highest BCUT2D eigenvalue weighted by Gasteiger charge is 2.74. The normalized spacial score (nSPS) is 64.7. The summed E-state index contributed by atoms with van der Waals surface area (Å²) in [5.74, 6) is 7.94. The molecule has 4 unspecified atom stereocenters. The summed E-state index contributed by atoms with van der Waals surface area (Å²) in [7, 11) is 0. The Labute approximate surface area is 142 Å². The lowest BCUT2D eigenvalue weighted by Crippen LogP contribution is -2.50. The minimum absolute atomic E-state index is 0.331. The molecule has 4 heteroatoms. The molecular formula is C14H16Br4. The van der Waals surface area contributed by atoms with Crippen molar-refractivity contribution in [3.05, 3.63) is 0 Å². The van der Waals surface area contributed by atoms with Crippen molar-refractivity contribution in [2.75, 3.05) is 0 Å². The molecule has 0 N–H and O–H groups in total. The van der Waals surface area contributed by atoms with Crippen LogP contribution in [0.3, 0.4) is 0 Å². The summed E-state index contributed by atoms with van der Waals surface area (Å²) in [6, 6.07) is 0. The maximum Gasteiger partial charge on any atom is 0.0868 e. The molecule has 0 aliphatic heterocycles. The van der Waals surface area contributed by atoms with E-state index in [0.717, 1.165) is 47.3 Å². The summed E-state index contributed by atoms with van der Waals surface area (Å²) in [5, 5.41) is 0. The van der Waals surface area contributed by atoms with Gasteiger partial charge in [-0.05, 0) is 73.0 Å². The minimum atomic E-state index is 0.331. The first-order valence-electron chi connectivity index (χ1n) is 7.18. The third-order valence-electron chi connectivity index (χ3n) is 7.03. The summed E-state index contributed by atoms with van der Waals surface area (Å²) in [4.78, 5) is 0. The summed E-state index contributed by atoms with van der Waals surface area (Å²) >= 11 is 15.6. The van der Waals surface area contributed by atoms with E-state index in [-0.39, 0.29) is 0 Å². The minimum Gasteiger partial charge on any atom is -0.0721 e. The van der Waals surface area contributed by atoms with Crippen molar-refractivity contribution < 1.29 is 0 Å². The first kappa shape index (κ1) is 12.5. The Morgan fingerprint density at radius 1 is 0.500 bits per heavy atom. The van der Waals surface area contributed by atoms with Gasteiger partial charge < -0.3 is 0 Å². The Hall–Kier alpha value is 1.92. The van der Waals surface area contributed by atoms with Crippen LogP contribution in [0.4, 0.5) is 0 Å². The molecule has 5 aliphatic rings. The van der Waals surface area contributed by atoms with E-state index in [9.17, 15) is 0 Å². The van der Waals surface area contributed by atoms with Crippen molar-refractivity contribution in [2.24, 2.45) is 47.3 Å². The lowest BCUT2D eigenvalue weighted by Gasteiger charge is -2.57. The smallest absolute Gasteiger partial charge is 0.0721 e. The van der Waals surface area contributed by atoms with Gasteiger partial charge in [-0.1, -0.05) is 63.7 Å². The molecule has 0 aromatic rings. The van der Waals surface area contributed by atoms with Crippen LogP contribution in [0.25, 0.3) is 0 Å². The number of fused-ring (bicyclic) bond motifs is 6. The van der Waals surface area contributed by atoms with Gasteiger partial charge in [-0.2, -0.15) is 0 Å². The van der Waals surface area contributed by atoms with Crippen molar-refractivity contribution in [2.45, 2.75) is 32.2 Å². The van der Waals surface area contributed by atoms with Gasteiger partial charge >= 0.3 is 0 Å². The van der Waals surface area contributed by atoms with Crippen molar-refractivity contribution in [3.8, 4) is 0 Å². The van der Waals surface area contributed by atoms with E-state index in [1.165, 1.54) is 25.7 Å². The van der Waals surface area contributed by atoms with Crippen molar-refractivity contribution in [3.63, 3.8) is 0 Å². The Kier molecular flexibility index (Phi) is 2.39. The summed E-state index contributed by atoms with van der Waals surface area (Å²) in [6.07, 6.45) is 5.95. The quantitative estimate of drug-likeness (QED) is 0.382. The average Bonchev–Trinajstić information content (AvgIpc) is 3.06. The fourth-order valence-electron chi connectivity index (χ4n) is 5.90. The molecule has 0 aromatic carbocycles. The standard InChI is InChI=1S/C14H16Br4/c15-13(16)9-1-5-6(2-10(9)13)8-4-12-11(3-7(5)8)14(12,17)18/h5-12H,1-4H2/t5?,6?,7?,8?,9-,10-,11+,12+. The second-order valence-electron chi connectivity index (χ2n) is 7.37.